The molecule has 0 spiro atoms. The monoisotopic (exact) mass is 275 g/mol. The second kappa shape index (κ2) is 6.46. The van der Waals surface area contributed by atoms with Gasteiger partial charge >= 0.3 is 0 Å². The summed E-state index contributed by atoms with van der Waals surface area (Å²) in [7, 11) is 0. The molecule has 2 nitrogen and oxygen atoms in total. The van der Waals surface area contributed by atoms with Gasteiger partial charge in [-0.15, -0.1) is 11.3 Å². The second-order valence-corrected chi connectivity index (χ2v) is 5.18. The zero-order valence-electron chi connectivity index (χ0n) is 10.3. The van der Waals surface area contributed by atoms with Crippen molar-refractivity contribution in [1.82, 2.24) is 0 Å². The molecule has 0 saturated carbocycles. The fourth-order valence-corrected chi connectivity index (χ4v) is 2.94. The molecule has 1 aromatic carbocycles. The first-order valence-corrected chi connectivity index (χ1v) is 6.93. The van der Waals surface area contributed by atoms with E-state index >= 15 is 0 Å². The number of nitriles is 1. The molecule has 0 aliphatic rings. The third kappa shape index (κ3) is 3.19. The van der Waals surface area contributed by atoms with Crippen molar-refractivity contribution in [2.75, 3.05) is 6.61 Å². The molecule has 4 heteroatoms. The molecule has 19 heavy (non-hydrogen) atoms. The van der Waals surface area contributed by atoms with Crippen LogP contribution in [0.2, 0.25) is 0 Å². The van der Waals surface area contributed by atoms with Gasteiger partial charge in [0.2, 0.25) is 0 Å². The first-order valence-electron chi connectivity index (χ1n) is 6.05. The zero-order chi connectivity index (χ0) is 13.7. The molecular weight excluding hydrogens is 261 g/mol. The van der Waals surface area contributed by atoms with Gasteiger partial charge in [-0.1, -0.05) is 30.3 Å². The Morgan fingerprint density at radius 3 is 2.53 bits per heavy atom. The van der Waals surface area contributed by atoms with Crippen molar-refractivity contribution < 1.29 is 9.50 Å². The lowest BCUT2D eigenvalue weighted by Gasteiger charge is -2.20. The van der Waals surface area contributed by atoms with Crippen molar-refractivity contribution >= 4 is 11.3 Å². The molecule has 2 rings (SSSR count). The standard InChI is InChI=1S/C15H14FNOS/c16-15-8-12(10-19-15)13(6-7-18)14(9-17)11-4-2-1-3-5-11/h1-5,8,10,13-14,18H,6-7H2/t13-,14+/m0/s1. The van der Waals surface area contributed by atoms with Crippen LogP contribution in [0.4, 0.5) is 4.39 Å². The Kier molecular flexibility index (Phi) is 4.67. The quantitative estimate of drug-likeness (QED) is 0.905. The van der Waals surface area contributed by atoms with Crippen LogP contribution in [0.25, 0.3) is 0 Å². The largest absolute Gasteiger partial charge is 0.396 e. The Morgan fingerprint density at radius 1 is 1.26 bits per heavy atom. The number of thiophene rings is 1. The summed E-state index contributed by atoms with van der Waals surface area (Å²) < 4.78 is 13.2. The summed E-state index contributed by atoms with van der Waals surface area (Å²) >= 11 is 1.02. The molecule has 98 valence electrons. The van der Waals surface area contributed by atoms with Crippen LogP contribution in [0.15, 0.2) is 41.8 Å². The number of halogens is 1. The average Bonchev–Trinajstić information content (AvgIpc) is 2.86. The highest BCUT2D eigenvalue weighted by atomic mass is 32.1. The van der Waals surface area contributed by atoms with Crippen LogP contribution in [0, 0.1) is 16.5 Å². The highest BCUT2D eigenvalue weighted by Gasteiger charge is 2.25. The molecule has 1 aromatic heterocycles. The van der Waals surface area contributed by atoms with Crippen molar-refractivity contribution in [2.45, 2.75) is 18.3 Å². The molecule has 0 fully saturated rings. The minimum atomic E-state index is -0.373. The van der Waals surface area contributed by atoms with Crippen molar-refractivity contribution in [3.05, 3.63) is 58.0 Å². The summed E-state index contributed by atoms with van der Waals surface area (Å²) in [5, 5.41) is 20.1. The summed E-state index contributed by atoms with van der Waals surface area (Å²) in [4.78, 5) is 0. The van der Waals surface area contributed by atoms with Crippen LogP contribution >= 0.6 is 11.3 Å². The molecule has 0 unspecified atom stereocenters. The Labute approximate surface area is 115 Å². The van der Waals surface area contributed by atoms with Gasteiger partial charge in [0, 0.05) is 12.5 Å². The summed E-state index contributed by atoms with van der Waals surface area (Å²) in [5.41, 5.74) is 1.68. The van der Waals surface area contributed by atoms with Crippen molar-refractivity contribution in [3.63, 3.8) is 0 Å². The minimum absolute atomic E-state index is 0.0207. The minimum Gasteiger partial charge on any atom is -0.396 e. The molecule has 0 bridgehead atoms. The van der Waals surface area contributed by atoms with Gasteiger partial charge in [-0.25, -0.2) is 0 Å². The molecule has 0 radical (unpaired) electrons. The van der Waals surface area contributed by atoms with Crippen molar-refractivity contribution in [3.8, 4) is 6.07 Å². The van der Waals surface area contributed by atoms with Crippen molar-refractivity contribution in [1.29, 1.82) is 5.26 Å². The summed E-state index contributed by atoms with van der Waals surface area (Å²) in [6, 6.07) is 13.2. The number of rotatable bonds is 5. The van der Waals surface area contributed by atoms with Gasteiger partial charge in [-0.05, 0) is 29.0 Å². The van der Waals surface area contributed by atoms with Gasteiger partial charge in [0.1, 0.15) is 0 Å². The summed E-state index contributed by atoms with van der Waals surface area (Å²) in [5.74, 6) is -0.555. The lowest BCUT2D eigenvalue weighted by molar-refractivity contribution is 0.272. The zero-order valence-corrected chi connectivity index (χ0v) is 11.1. The number of hydrogen-bond donors (Lipinski definition) is 1. The normalized spacial score (nSPS) is 13.7. The molecule has 2 aromatic rings. The van der Waals surface area contributed by atoms with E-state index in [1.807, 2.05) is 30.3 Å². The molecule has 0 amide bonds. The topological polar surface area (TPSA) is 44.0 Å². The number of aliphatic hydroxyl groups excluding tert-OH is 1. The van der Waals surface area contributed by atoms with E-state index in [4.69, 9.17) is 0 Å². The Balaban J connectivity index is 2.34. The van der Waals surface area contributed by atoms with Crippen LogP contribution < -0.4 is 0 Å². The SMILES string of the molecule is N#C[C@H](c1ccccc1)[C@@H](CCO)c1csc(F)c1. The molecule has 0 saturated heterocycles. The van der Waals surface area contributed by atoms with Crippen LogP contribution in [0.5, 0.6) is 0 Å². The van der Waals surface area contributed by atoms with Gasteiger partial charge in [0.25, 0.3) is 0 Å². The maximum atomic E-state index is 13.2. The predicted octanol–water partition coefficient (Wildman–Crippen LogP) is 3.66. The maximum Gasteiger partial charge on any atom is 0.176 e. The molecule has 1 N–H and O–H groups in total. The van der Waals surface area contributed by atoms with Crippen LogP contribution in [0.3, 0.4) is 0 Å². The number of nitrogens with zero attached hydrogens (tertiary/aromatic N) is 1. The van der Waals surface area contributed by atoms with E-state index in [0.29, 0.717) is 6.42 Å². The van der Waals surface area contributed by atoms with Crippen molar-refractivity contribution in [2.24, 2.45) is 0 Å². The lowest BCUT2D eigenvalue weighted by Crippen LogP contribution is -2.11. The van der Waals surface area contributed by atoms with E-state index in [9.17, 15) is 14.8 Å². The van der Waals surface area contributed by atoms with E-state index in [1.54, 1.807) is 5.38 Å². The fraction of sp³-hybridized carbons (Fsp3) is 0.267. The lowest BCUT2D eigenvalue weighted by atomic mass is 9.81. The first-order chi connectivity index (χ1) is 9.26. The third-order valence-electron chi connectivity index (χ3n) is 3.16. The van der Waals surface area contributed by atoms with E-state index in [1.165, 1.54) is 6.07 Å². The van der Waals surface area contributed by atoms with E-state index < -0.39 is 0 Å². The second-order valence-electron chi connectivity index (χ2n) is 4.32. The first kappa shape index (κ1) is 13.7. The van der Waals surface area contributed by atoms with Gasteiger partial charge in [-0.3, -0.25) is 0 Å². The van der Waals surface area contributed by atoms with E-state index in [2.05, 4.69) is 6.07 Å². The highest BCUT2D eigenvalue weighted by molar-refractivity contribution is 7.08. The smallest absolute Gasteiger partial charge is 0.176 e. The summed E-state index contributed by atoms with van der Waals surface area (Å²) in [6.45, 7) is -0.0207. The van der Waals surface area contributed by atoms with Gasteiger partial charge in [0.05, 0.1) is 12.0 Å². The Bertz CT molecular complexity index is 561. The third-order valence-corrected chi connectivity index (χ3v) is 3.89. The van der Waals surface area contributed by atoms with E-state index in [0.717, 1.165) is 22.5 Å². The fourth-order valence-electron chi connectivity index (χ4n) is 2.24. The highest BCUT2D eigenvalue weighted by Crippen LogP contribution is 2.36. The molecule has 0 aliphatic carbocycles. The predicted molar refractivity (Wildman–Crippen MR) is 73.5 cm³/mol. The number of aliphatic hydroxyl groups is 1. The Hall–Kier alpha value is -1.70. The molecular formula is C15H14FNOS. The number of benzene rings is 1. The maximum absolute atomic E-state index is 13.2. The van der Waals surface area contributed by atoms with E-state index in [-0.39, 0.29) is 23.6 Å². The molecule has 2 atom stereocenters. The average molecular weight is 275 g/mol. The molecule has 1 heterocycles. The number of hydrogen-bond acceptors (Lipinski definition) is 3. The molecule has 0 aliphatic heterocycles. The van der Waals surface area contributed by atoms with Crippen LogP contribution in [0.1, 0.15) is 29.4 Å². The van der Waals surface area contributed by atoms with Gasteiger partial charge < -0.3 is 5.11 Å². The van der Waals surface area contributed by atoms with Gasteiger partial charge in [0.15, 0.2) is 5.13 Å². The summed E-state index contributed by atoms with van der Waals surface area (Å²) in [6.07, 6.45) is 0.448. The Morgan fingerprint density at radius 2 is 2.00 bits per heavy atom. The van der Waals surface area contributed by atoms with Crippen LogP contribution in [-0.4, -0.2) is 11.7 Å². The van der Waals surface area contributed by atoms with Crippen LogP contribution in [-0.2, 0) is 0 Å². The van der Waals surface area contributed by atoms with Gasteiger partial charge in [-0.2, -0.15) is 9.65 Å².